The summed E-state index contributed by atoms with van der Waals surface area (Å²) in [5.41, 5.74) is -2.74. The van der Waals surface area contributed by atoms with E-state index in [1.165, 1.54) is 0 Å². The minimum absolute atomic E-state index is 0. The first-order valence-corrected chi connectivity index (χ1v) is 5.90. The molecule has 0 aliphatic rings. The molecule has 0 saturated heterocycles. The number of carboxylic acid groups (broad SMARTS) is 6. The standard InChI is InChI=1S/C6H8O7.3C2H4O2.Al/c7-3(8)1-6(13,5(11)12)2-4(9)10;3*1-2(3)4;/h13H,1-2H2,(H,7,8)(H,9,10)(H,11,12);3*1H3,(H,3,4);/q;;;;+3/p-3. The summed E-state index contributed by atoms with van der Waals surface area (Å²) in [7, 11) is 0. The van der Waals surface area contributed by atoms with E-state index >= 15 is 0 Å². The molecule has 0 unspecified atom stereocenters. The van der Waals surface area contributed by atoms with Gasteiger partial charge in [-0.2, -0.15) is 0 Å². The molecule has 0 aliphatic heterocycles. The van der Waals surface area contributed by atoms with Crippen LogP contribution in [0.5, 0.6) is 0 Å². The van der Waals surface area contributed by atoms with Gasteiger partial charge < -0.3 is 50.1 Å². The van der Waals surface area contributed by atoms with E-state index in [0.29, 0.717) is 0 Å². The first-order chi connectivity index (χ1) is 11.0. The average molecular weight is 396 g/mol. The van der Waals surface area contributed by atoms with E-state index in [4.69, 9.17) is 50.1 Å². The Morgan fingerprint density at radius 1 is 0.692 bits per heavy atom. The van der Waals surface area contributed by atoms with Gasteiger partial charge in [-0.1, -0.05) is 0 Å². The van der Waals surface area contributed by atoms with Crippen LogP contribution in [-0.4, -0.2) is 79.2 Å². The van der Waals surface area contributed by atoms with Gasteiger partial charge in [-0.05, 0) is 20.8 Å². The quantitative estimate of drug-likeness (QED) is 0.317. The molecule has 0 amide bonds. The van der Waals surface area contributed by atoms with Crippen molar-refractivity contribution in [3.8, 4) is 0 Å². The molecule has 0 rings (SSSR count). The number of carboxylic acids is 6. The van der Waals surface area contributed by atoms with Gasteiger partial charge in [0.25, 0.3) is 0 Å². The van der Waals surface area contributed by atoms with Crippen molar-refractivity contribution in [3.63, 3.8) is 0 Å². The summed E-state index contributed by atoms with van der Waals surface area (Å²) in [6.07, 6.45) is -2.29. The third-order valence-corrected chi connectivity index (χ3v) is 1.29. The van der Waals surface area contributed by atoms with Gasteiger partial charge in [0, 0.05) is 17.9 Å². The van der Waals surface area contributed by atoms with Gasteiger partial charge in [-0.25, -0.2) is 4.79 Å². The summed E-state index contributed by atoms with van der Waals surface area (Å²) >= 11 is 0. The third kappa shape index (κ3) is 49.6. The number of carbonyl (C=O) groups excluding carboxylic acids is 3. The predicted octanol–water partition coefficient (Wildman–Crippen LogP) is -5.36. The van der Waals surface area contributed by atoms with Crippen LogP contribution in [0.4, 0.5) is 0 Å². The fraction of sp³-hybridized carbons (Fsp3) is 0.500. The molecule has 0 radical (unpaired) electrons. The van der Waals surface area contributed by atoms with Gasteiger partial charge in [0.15, 0.2) is 5.60 Å². The molecule has 0 aliphatic carbocycles. The molecule has 26 heavy (non-hydrogen) atoms. The minimum Gasteiger partial charge on any atom is -0.550 e. The van der Waals surface area contributed by atoms with Crippen LogP contribution in [0, 0.1) is 0 Å². The molecule has 146 valence electrons. The van der Waals surface area contributed by atoms with E-state index in [1.807, 2.05) is 0 Å². The predicted molar refractivity (Wildman–Crippen MR) is 74.9 cm³/mol. The summed E-state index contributed by atoms with van der Waals surface area (Å²) in [5.74, 6) is -8.27. The second kappa shape index (κ2) is 18.6. The monoisotopic (exact) mass is 396 g/mol. The van der Waals surface area contributed by atoms with Crippen LogP contribution < -0.4 is 15.3 Å². The summed E-state index contributed by atoms with van der Waals surface area (Å²) in [4.78, 5) is 57.2. The molecule has 0 bridgehead atoms. The largest absolute Gasteiger partial charge is 3.00 e. The van der Waals surface area contributed by atoms with Crippen molar-refractivity contribution in [2.45, 2.75) is 39.2 Å². The number of hydrogen-bond acceptors (Lipinski definition) is 10. The molecule has 0 saturated carbocycles. The van der Waals surface area contributed by atoms with Gasteiger partial charge >= 0.3 is 35.3 Å². The van der Waals surface area contributed by atoms with Crippen molar-refractivity contribution < 1.29 is 64.5 Å². The van der Waals surface area contributed by atoms with E-state index in [0.717, 1.165) is 20.8 Å². The van der Waals surface area contributed by atoms with E-state index in [1.54, 1.807) is 0 Å². The minimum atomic E-state index is -2.74. The fourth-order valence-corrected chi connectivity index (χ4v) is 0.714. The fourth-order valence-electron chi connectivity index (χ4n) is 0.714. The van der Waals surface area contributed by atoms with E-state index in [2.05, 4.69) is 0 Å². The summed E-state index contributed by atoms with van der Waals surface area (Å²) < 4.78 is 0. The number of aliphatic hydroxyl groups is 1. The Labute approximate surface area is 157 Å². The molecule has 0 aromatic rings. The molecular weight excluding hydrogens is 379 g/mol. The second-order valence-corrected chi connectivity index (χ2v) is 3.95. The van der Waals surface area contributed by atoms with Crippen molar-refractivity contribution in [3.05, 3.63) is 0 Å². The number of rotatable bonds is 5. The van der Waals surface area contributed by atoms with Crippen LogP contribution in [0.2, 0.25) is 0 Å². The number of aliphatic carboxylic acids is 6. The zero-order chi connectivity index (χ0) is 21.4. The van der Waals surface area contributed by atoms with Crippen LogP contribution in [0.25, 0.3) is 0 Å². The van der Waals surface area contributed by atoms with Crippen LogP contribution in [0.1, 0.15) is 33.6 Å². The third-order valence-electron chi connectivity index (χ3n) is 1.29. The van der Waals surface area contributed by atoms with Crippen molar-refractivity contribution in [2.75, 3.05) is 0 Å². The summed E-state index contributed by atoms with van der Waals surface area (Å²) in [6.45, 7) is 2.92. The first kappa shape index (κ1) is 34.6. The van der Waals surface area contributed by atoms with Gasteiger partial charge in [0.1, 0.15) is 0 Å². The smallest absolute Gasteiger partial charge is 0.550 e. The summed E-state index contributed by atoms with van der Waals surface area (Å²) in [5, 5.41) is 60.5. The first-order valence-electron chi connectivity index (χ1n) is 5.90. The van der Waals surface area contributed by atoms with Gasteiger partial charge in [-0.15, -0.1) is 0 Å². The molecular formula is C12H17AlO13. The van der Waals surface area contributed by atoms with Crippen molar-refractivity contribution >= 4 is 53.2 Å². The molecule has 13 nitrogen and oxygen atoms in total. The topological polar surface area (TPSA) is 253 Å². The Bertz CT molecular complexity index is 429. The van der Waals surface area contributed by atoms with Crippen LogP contribution >= 0.6 is 0 Å². The van der Waals surface area contributed by atoms with Crippen LogP contribution in [-0.2, 0) is 28.8 Å². The maximum absolute atomic E-state index is 10.3. The summed E-state index contributed by atoms with van der Waals surface area (Å²) in [6, 6.07) is 0. The van der Waals surface area contributed by atoms with Crippen molar-refractivity contribution in [1.82, 2.24) is 0 Å². The Hall–Kier alpha value is -2.69. The molecule has 14 heteroatoms. The number of carbonyl (C=O) groups is 6. The molecule has 0 heterocycles. The Balaban J connectivity index is -0.0000000933. The number of hydrogen-bond donors (Lipinski definition) is 4. The SMILES string of the molecule is CC(=O)[O-].CC(=O)[O-].CC(=O)[O-].O=C(O)CC(O)(CC(=O)O)C(=O)O.[Al+3]. The van der Waals surface area contributed by atoms with Crippen molar-refractivity contribution in [1.29, 1.82) is 0 Å². The molecule has 0 atom stereocenters. The molecule has 0 aromatic heterocycles. The normalized spacial score (nSPS) is 8.31. The van der Waals surface area contributed by atoms with Gasteiger partial charge in [0.05, 0.1) is 12.8 Å². The zero-order valence-corrected chi connectivity index (χ0v) is 15.1. The van der Waals surface area contributed by atoms with E-state index in [-0.39, 0.29) is 17.4 Å². The Kier molecular flexibility index (Phi) is 24.8. The van der Waals surface area contributed by atoms with Gasteiger partial charge in [-0.3, -0.25) is 9.59 Å². The Morgan fingerprint density at radius 2 is 0.846 bits per heavy atom. The van der Waals surface area contributed by atoms with E-state index in [9.17, 15) is 14.4 Å². The molecule has 0 spiro atoms. The Morgan fingerprint density at radius 3 is 0.923 bits per heavy atom. The molecule has 4 N–H and O–H groups in total. The molecule has 0 aromatic carbocycles. The van der Waals surface area contributed by atoms with E-state index < -0.39 is 54.3 Å². The van der Waals surface area contributed by atoms with Crippen molar-refractivity contribution in [2.24, 2.45) is 0 Å². The van der Waals surface area contributed by atoms with Gasteiger partial charge in [0.2, 0.25) is 0 Å². The zero-order valence-electron chi connectivity index (χ0n) is 14.0. The maximum atomic E-state index is 10.3. The van der Waals surface area contributed by atoms with Crippen LogP contribution in [0.15, 0.2) is 0 Å². The average Bonchev–Trinajstić information content (AvgIpc) is 2.22. The second-order valence-electron chi connectivity index (χ2n) is 3.95. The maximum Gasteiger partial charge on any atom is 3.00 e. The molecule has 0 fully saturated rings. The van der Waals surface area contributed by atoms with Crippen LogP contribution in [0.3, 0.4) is 0 Å².